The van der Waals surface area contributed by atoms with Gasteiger partial charge in [0.2, 0.25) is 0 Å². The molecule has 0 radical (unpaired) electrons. The summed E-state index contributed by atoms with van der Waals surface area (Å²) in [6.45, 7) is 8.23. The number of carbonyl (C=O) groups excluding carboxylic acids is 1. The molecular weight excluding hydrogens is 501 g/mol. The summed E-state index contributed by atoms with van der Waals surface area (Å²) in [6.07, 6.45) is 3.48. The Labute approximate surface area is 201 Å². The van der Waals surface area contributed by atoms with Crippen LogP contribution in [0.4, 0.5) is 4.79 Å². The van der Waals surface area contributed by atoms with Gasteiger partial charge in [-0.2, -0.15) is 0 Å². The van der Waals surface area contributed by atoms with E-state index < -0.39 is 5.60 Å². The summed E-state index contributed by atoms with van der Waals surface area (Å²) in [4.78, 5) is 21.3. The van der Waals surface area contributed by atoms with Crippen LogP contribution >= 0.6 is 39.1 Å². The van der Waals surface area contributed by atoms with Gasteiger partial charge in [0.1, 0.15) is 5.60 Å². The predicted octanol–water partition coefficient (Wildman–Crippen LogP) is 6.24. The highest BCUT2D eigenvalue weighted by Crippen LogP contribution is 2.42. The second-order valence-corrected chi connectivity index (χ2v) is 10.5. The third-order valence-corrected chi connectivity index (χ3v) is 6.46. The first kappa shape index (κ1) is 22.6. The summed E-state index contributed by atoms with van der Waals surface area (Å²) >= 11 is 16.3. The lowest BCUT2D eigenvalue weighted by Crippen LogP contribution is -2.51. The van der Waals surface area contributed by atoms with Crippen molar-refractivity contribution < 1.29 is 9.53 Å². The Hall–Kier alpha value is -1.60. The topological polar surface area (TPSA) is 45.7 Å². The number of piperazine rings is 1. The average Bonchev–Trinajstić information content (AvgIpc) is 2.80. The van der Waals surface area contributed by atoms with E-state index in [4.69, 9.17) is 32.9 Å². The van der Waals surface area contributed by atoms with Gasteiger partial charge in [0.25, 0.3) is 0 Å². The van der Waals surface area contributed by atoms with Gasteiger partial charge in [-0.15, -0.1) is 0 Å². The molecule has 0 N–H and O–H groups in total. The van der Waals surface area contributed by atoms with E-state index in [1.54, 1.807) is 11.1 Å². The molecule has 164 valence electrons. The molecule has 1 aromatic heterocycles. The van der Waals surface area contributed by atoms with Crippen molar-refractivity contribution in [2.45, 2.75) is 32.4 Å². The molecule has 1 aliphatic heterocycles. The van der Waals surface area contributed by atoms with Crippen molar-refractivity contribution >= 4 is 55.8 Å². The van der Waals surface area contributed by atoms with E-state index in [9.17, 15) is 4.79 Å². The summed E-state index contributed by atoms with van der Waals surface area (Å²) < 4.78 is 6.46. The zero-order valence-corrected chi connectivity index (χ0v) is 20.8. The fourth-order valence-electron chi connectivity index (χ4n) is 4.00. The Morgan fingerprint density at radius 2 is 1.84 bits per heavy atom. The molecule has 0 spiro atoms. The van der Waals surface area contributed by atoms with Crippen LogP contribution in [0.1, 0.15) is 49.2 Å². The highest BCUT2D eigenvalue weighted by Gasteiger charge is 2.34. The number of carbonyl (C=O) groups is 1. The number of nitrogens with zero attached hydrogens (tertiary/aromatic N) is 3. The molecule has 2 aromatic rings. The Morgan fingerprint density at radius 3 is 2.52 bits per heavy atom. The van der Waals surface area contributed by atoms with Gasteiger partial charge in [0.15, 0.2) is 0 Å². The Balaban J connectivity index is 1.67. The van der Waals surface area contributed by atoms with Crippen molar-refractivity contribution in [3.63, 3.8) is 0 Å². The molecule has 4 rings (SSSR count). The molecule has 0 unspecified atom stereocenters. The minimum absolute atomic E-state index is 0.0772. The van der Waals surface area contributed by atoms with Crippen LogP contribution in [0.25, 0.3) is 10.6 Å². The van der Waals surface area contributed by atoms with Crippen LogP contribution in [0.3, 0.4) is 0 Å². The van der Waals surface area contributed by atoms with Crippen molar-refractivity contribution in [2.24, 2.45) is 0 Å². The molecule has 2 aliphatic rings. The molecule has 8 heteroatoms. The molecule has 1 aliphatic carbocycles. The van der Waals surface area contributed by atoms with Crippen LogP contribution in [-0.4, -0.2) is 52.7 Å². The van der Waals surface area contributed by atoms with E-state index in [2.05, 4.69) is 33.0 Å². The van der Waals surface area contributed by atoms with Crippen molar-refractivity contribution in [3.05, 3.63) is 62.9 Å². The van der Waals surface area contributed by atoms with Gasteiger partial charge >= 0.3 is 6.09 Å². The average molecular weight is 525 g/mol. The first-order chi connectivity index (χ1) is 14.6. The van der Waals surface area contributed by atoms with E-state index in [0.29, 0.717) is 36.2 Å². The monoisotopic (exact) mass is 523 g/mol. The second kappa shape index (κ2) is 8.74. The Kier molecular flexibility index (Phi) is 6.37. The smallest absolute Gasteiger partial charge is 0.410 e. The minimum atomic E-state index is -0.506. The van der Waals surface area contributed by atoms with Crippen LogP contribution in [-0.2, 0) is 4.74 Å². The standard InChI is InChI=1S/C23H24BrCl2N3O2/c1-23(2,3)31-22(30)29-8-6-28(7-9-29)21-17-5-4-15(25)10-14(17)11-19(24)18-12-16(26)13-27-20(18)21/h4-5,10-13,21H,6-9H2,1-3H3/t21-/m0/s1. The normalized spacial score (nSPS) is 19.2. The number of benzene rings is 1. The van der Waals surface area contributed by atoms with Gasteiger partial charge in [0.05, 0.1) is 16.8 Å². The van der Waals surface area contributed by atoms with Crippen molar-refractivity contribution in [1.82, 2.24) is 14.8 Å². The van der Waals surface area contributed by atoms with Crippen molar-refractivity contribution in [2.75, 3.05) is 26.2 Å². The van der Waals surface area contributed by atoms with E-state index >= 15 is 0 Å². The van der Waals surface area contributed by atoms with E-state index in [1.165, 1.54) is 0 Å². The number of aromatic nitrogens is 1. The summed E-state index contributed by atoms with van der Waals surface area (Å²) in [5, 5.41) is 1.27. The maximum atomic E-state index is 12.5. The SMILES string of the molecule is CC(C)(C)OC(=O)N1CCN([C@H]2c3ccc(Cl)cc3C=C(Br)c3cc(Cl)cnc32)CC1. The van der Waals surface area contributed by atoms with Crippen LogP contribution in [0.15, 0.2) is 30.5 Å². The number of halogens is 3. The molecule has 1 amide bonds. The number of hydrogen-bond donors (Lipinski definition) is 0. The zero-order valence-electron chi connectivity index (χ0n) is 17.7. The van der Waals surface area contributed by atoms with Gasteiger partial charge in [-0.05, 0) is 56.2 Å². The molecular formula is C23H24BrCl2N3O2. The van der Waals surface area contributed by atoms with Crippen LogP contribution < -0.4 is 0 Å². The fourth-order valence-corrected chi connectivity index (χ4v) is 4.90. The van der Waals surface area contributed by atoms with Crippen LogP contribution in [0.2, 0.25) is 10.0 Å². The zero-order chi connectivity index (χ0) is 22.3. The summed E-state index contributed by atoms with van der Waals surface area (Å²) in [5.74, 6) is 0. The quantitative estimate of drug-likeness (QED) is 0.443. The van der Waals surface area contributed by atoms with Gasteiger partial charge in [-0.1, -0.05) is 45.2 Å². The van der Waals surface area contributed by atoms with Crippen LogP contribution in [0.5, 0.6) is 0 Å². The summed E-state index contributed by atoms with van der Waals surface area (Å²) in [6, 6.07) is 7.79. The van der Waals surface area contributed by atoms with E-state index in [-0.39, 0.29) is 12.1 Å². The molecule has 2 heterocycles. The largest absolute Gasteiger partial charge is 0.444 e. The maximum Gasteiger partial charge on any atom is 0.410 e. The fraction of sp³-hybridized carbons (Fsp3) is 0.391. The van der Waals surface area contributed by atoms with Crippen LogP contribution in [0, 0.1) is 0 Å². The van der Waals surface area contributed by atoms with Crippen molar-refractivity contribution in [3.8, 4) is 0 Å². The molecule has 1 saturated heterocycles. The lowest BCUT2D eigenvalue weighted by Gasteiger charge is -2.40. The number of amides is 1. The lowest BCUT2D eigenvalue weighted by atomic mass is 9.96. The Bertz CT molecular complexity index is 1040. The van der Waals surface area contributed by atoms with Gasteiger partial charge in [0, 0.05) is 47.4 Å². The number of pyridine rings is 1. The second-order valence-electron chi connectivity index (χ2n) is 8.76. The van der Waals surface area contributed by atoms with E-state index in [0.717, 1.165) is 26.9 Å². The highest BCUT2D eigenvalue weighted by molar-refractivity contribution is 9.15. The predicted molar refractivity (Wildman–Crippen MR) is 129 cm³/mol. The maximum absolute atomic E-state index is 12.5. The third kappa shape index (κ3) is 4.92. The first-order valence-corrected chi connectivity index (χ1v) is 11.7. The highest BCUT2D eigenvalue weighted by atomic mass is 79.9. The summed E-state index contributed by atoms with van der Waals surface area (Å²) in [7, 11) is 0. The van der Waals surface area contributed by atoms with Gasteiger partial charge in [-0.25, -0.2) is 4.79 Å². The van der Waals surface area contributed by atoms with Gasteiger partial charge < -0.3 is 9.64 Å². The minimum Gasteiger partial charge on any atom is -0.444 e. The Morgan fingerprint density at radius 1 is 1.13 bits per heavy atom. The third-order valence-electron chi connectivity index (χ3n) is 5.36. The number of rotatable bonds is 1. The van der Waals surface area contributed by atoms with Gasteiger partial charge in [-0.3, -0.25) is 9.88 Å². The van der Waals surface area contributed by atoms with E-state index in [1.807, 2.05) is 39.0 Å². The lowest BCUT2D eigenvalue weighted by molar-refractivity contribution is 0.0118. The van der Waals surface area contributed by atoms with Crippen molar-refractivity contribution in [1.29, 1.82) is 0 Å². The molecule has 5 nitrogen and oxygen atoms in total. The number of hydrogen-bond acceptors (Lipinski definition) is 4. The molecule has 0 saturated carbocycles. The first-order valence-electron chi connectivity index (χ1n) is 10.2. The molecule has 0 bridgehead atoms. The molecule has 1 aromatic carbocycles. The molecule has 1 fully saturated rings. The number of ether oxygens (including phenoxy) is 1. The molecule has 31 heavy (non-hydrogen) atoms. The number of fused-ring (bicyclic) bond motifs is 2. The summed E-state index contributed by atoms with van der Waals surface area (Å²) in [5.41, 5.74) is 3.54. The molecule has 1 atom stereocenters.